The van der Waals surface area contributed by atoms with E-state index in [1.54, 1.807) is 0 Å². The Morgan fingerprint density at radius 3 is 2.90 bits per heavy atom. The Labute approximate surface area is 127 Å². The third-order valence-electron chi connectivity index (χ3n) is 4.11. The number of hydrogen-bond acceptors (Lipinski definition) is 3. The molecule has 0 unspecified atom stereocenters. The van der Waals surface area contributed by atoms with E-state index in [0.717, 1.165) is 13.0 Å². The summed E-state index contributed by atoms with van der Waals surface area (Å²) in [6.45, 7) is 6.30. The second-order valence-electron chi connectivity index (χ2n) is 5.78. The van der Waals surface area contributed by atoms with E-state index in [0.29, 0.717) is 19.6 Å². The van der Waals surface area contributed by atoms with E-state index in [1.807, 2.05) is 24.1 Å². The monoisotopic (exact) mass is 290 g/mol. The van der Waals surface area contributed by atoms with E-state index in [9.17, 15) is 4.79 Å². The summed E-state index contributed by atoms with van der Waals surface area (Å²) in [5.74, 6) is 0.236. The lowest BCUT2D eigenvalue weighted by molar-refractivity contribution is -0.144. The molecule has 1 aromatic rings. The van der Waals surface area contributed by atoms with Crippen LogP contribution in [-0.2, 0) is 9.53 Å². The van der Waals surface area contributed by atoms with E-state index in [2.05, 4.69) is 31.3 Å². The minimum atomic E-state index is -0.00403. The van der Waals surface area contributed by atoms with Crippen LogP contribution < -0.4 is 5.32 Å². The number of aryl methyl sites for hydroxylation is 1. The Hall–Kier alpha value is -1.39. The summed E-state index contributed by atoms with van der Waals surface area (Å²) in [5.41, 5.74) is 2.41. The van der Waals surface area contributed by atoms with Gasteiger partial charge in [-0.25, -0.2) is 0 Å². The number of morpholine rings is 1. The van der Waals surface area contributed by atoms with Gasteiger partial charge >= 0.3 is 0 Å². The third kappa shape index (κ3) is 4.05. The molecule has 1 N–H and O–H groups in total. The third-order valence-corrected chi connectivity index (χ3v) is 4.11. The molecule has 1 saturated heterocycles. The van der Waals surface area contributed by atoms with Crippen LogP contribution in [-0.4, -0.2) is 43.6 Å². The Morgan fingerprint density at radius 1 is 1.43 bits per heavy atom. The number of nitrogens with one attached hydrogen (secondary N) is 1. The van der Waals surface area contributed by atoms with Crippen molar-refractivity contribution in [1.82, 2.24) is 10.2 Å². The van der Waals surface area contributed by atoms with Gasteiger partial charge in [0.1, 0.15) is 6.10 Å². The fourth-order valence-electron chi connectivity index (χ4n) is 2.80. The Kier molecular flexibility index (Phi) is 5.76. The summed E-state index contributed by atoms with van der Waals surface area (Å²) in [5, 5.41) is 3.08. The van der Waals surface area contributed by atoms with Crippen LogP contribution in [0.4, 0.5) is 0 Å². The zero-order valence-electron chi connectivity index (χ0n) is 13.3. The molecule has 4 heteroatoms. The van der Waals surface area contributed by atoms with Crippen LogP contribution in [0.1, 0.15) is 37.0 Å². The fraction of sp³-hybridized carbons (Fsp3) is 0.588. The number of hydrogen-bond donors (Lipinski definition) is 1. The minimum absolute atomic E-state index is 0.00403. The average Bonchev–Trinajstić information content (AvgIpc) is 2.48. The SMILES string of the molecule is CNCCCC(=O)N1C[C@@H](c2ccccc2C)OC[C@H]1C. The largest absolute Gasteiger partial charge is 0.370 e. The van der Waals surface area contributed by atoms with Crippen LogP contribution in [0.3, 0.4) is 0 Å². The molecule has 21 heavy (non-hydrogen) atoms. The van der Waals surface area contributed by atoms with Crippen LogP contribution in [0.2, 0.25) is 0 Å². The molecular weight excluding hydrogens is 264 g/mol. The highest BCUT2D eigenvalue weighted by Gasteiger charge is 2.30. The lowest BCUT2D eigenvalue weighted by Gasteiger charge is -2.38. The van der Waals surface area contributed by atoms with Crippen LogP contribution in [0.5, 0.6) is 0 Å². The first-order valence-electron chi connectivity index (χ1n) is 7.74. The fourth-order valence-corrected chi connectivity index (χ4v) is 2.80. The zero-order valence-corrected chi connectivity index (χ0v) is 13.3. The molecule has 0 bridgehead atoms. The van der Waals surface area contributed by atoms with Crippen molar-refractivity contribution in [2.24, 2.45) is 0 Å². The van der Waals surface area contributed by atoms with Crippen molar-refractivity contribution in [1.29, 1.82) is 0 Å². The predicted molar refractivity (Wildman–Crippen MR) is 84.2 cm³/mol. The van der Waals surface area contributed by atoms with Gasteiger partial charge in [-0.3, -0.25) is 4.79 Å². The van der Waals surface area contributed by atoms with Gasteiger partial charge in [0.15, 0.2) is 0 Å². The minimum Gasteiger partial charge on any atom is -0.370 e. The lowest BCUT2D eigenvalue weighted by atomic mass is 10.0. The molecule has 1 aliphatic rings. The first-order chi connectivity index (χ1) is 10.1. The van der Waals surface area contributed by atoms with Gasteiger partial charge in [-0.15, -0.1) is 0 Å². The molecule has 1 fully saturated rings. The first kappa shape index (κ1) is 16.0. The highest BCUT2D eigenvalue weighted by molar-refractivity contribution is 5.76. The molecule has 0 aromatic heterocycles. The molecule has 116 valence electrons. The second-order valence-corrected chi connectivity index (χ2v) is 5.78. The highest BCUT2D eigenvalue weighted by atomic mass is 16.5. The van der Waals surface area contributed by atoms with Crippen molar-refractivity contribution in [3.63, 3.8) is 0 Å². The smallest absolute Gasteiger partial charge is 0.223 e. The zero-order chi connectivity index (χ0) is 15.2. The van der Waals surface area contributed by atoms with Crippen LogP contribution in [0.15, 0.2) is 24.3 Å². The van der Waals surface area contributed by atoms with Crippen LogP contribution in [0, 0.1) is 6.92 Å². The average molecular weight is 290 g/mol. The van der Waals surface area contributed by atoms with Crippen molar-refractivity contribution in [2.45, 2.75) is 38.8 Å². The summed E-state index contributed by atoms with van der Waals surface area (Å²) >= 11 is 0. The quantitative estimate of drug-likeness (QED) is 0.846. The summed E-state index contributed by atoms with van der Waals surface area (Å²) in [6, 6.07) is 8.41. The summed E-state index contributed by atoms with van der Waals surface area (Å²) in [6.07, 6.45) is 1.48. The molecule has 0 spiro atoms. The normalized spacial score (nSPS) is 22.3. The van der Waals surface area contributed by atoms with Gasteiger partial charge in [0.2, 0.25) is 5.91 Å². The Bertz CT molecular complexity index is 476. The Balaban J connectivity index is 2.02. The molecule has 1 amide bonds. The maximum absolute atomic E-state index is 12.4. The van der Waals surface area contributed by atoms with Gasteiger partial charge in [0.05, 0.1) is 19.2 Å². The molecule has 1 aliphatic heterocycles. The number of benzene rings is 1. The second kappa shape index (κ2) is 7.57. The van der Waals surface area contributed by atoms with Crippen molar-refractivity contribution in [3.05, 3.63) is 35.4 Å². The number of carbonyl (C=O) groups excluding carboxylic acids is 1. The standard InChI is InChI=1S/C17H26N2O2/c1-13-7-4-5-8-15(13)16-11-19(14(2)12-21-16)17(20)9-6-10-18-3/h4-5,7-8,14,16,18H,6,9-12H2,1-3H3/t14-,16+/m1/s1. The molecule has 2 atom stereocenters. The van der Waals surface area contributed by atoms with Gasteiger partial charge in [-0.05, 0) is 45.0 Å². The summed E-state index contributed by atoms with van der Waals surface area (Å²) in [7, 11) is 1.91. The summed E-state index contributed by atoms with van der Waals surface area (Å²) in [4.78, 5) is 14.4. The topological polar surface area (TPSA) is 41.6 Å². The number of carbonyl (C=O) groups is 1. The van der Waals surface area contributed by atoms with E-state index in [1.165, 1.54) is 11.1 Å². The number of amides is 1. The van der Waals surface area contributed by atoms with E-state index in [4.69, 9.17) is 4.74 Å². The van der Waals surface area contributed by atoms with Gasteiger partial charge in [0, 0.05) is 6.42 Å². The van der Waals surface area contributed by atoms with Crippen molar-refractivity contribution in [2.75, 3.05) is 26.7 Å². The van der Waals surface area contributed by atoms with Gasteiger partial charge < -0.3 is 15.0 Å². The molecule has 0 saturated carbocycles. The first-order valence-corrected chi connectivity index (χ1v) is 7.74. The molecular formula is C17H26N2O2. The lowest BCUT2D eigenvalue weighted by Crippen LogP contribution is -2.48. The number of nitrogens with zero attached hydrogens (tertiary/aromatic N) is 1. The number of ether oxygens (including phenoxy) is 1. The maximum atomic E-state index is 12.4. The van der Waals surface area contributed by atoms with Gasteiger partial charge in [-0.1, -0.05) is 24.3 Å². The van der Waals surface area contributed by atoms with E-state index < -0.39 is 0 Å². The Morgan fingerprint density at radius 2 is 2.19 bits per heavy atom. The van der Waals surface area contributed by atoms with Crippen molar-refractivity contribution in [3.8, 4) is 0 Å². The predicted octanol–water partition coefficient (Wildman–Crippen LogP) is 2.28. The van der Waals surface area contributed by atoms with Crippen LogP contribution >= 0.6 is 0 Å². The molecule has 1 aromatic carbocycles. The molecule has 1 heterocycles. The number of rotatable bonds is 5. The molecule has 4 nitrogen and oxygen atoms in total. The summed E-state index contributed by atoms with van der Waals surface area (Å²) < 4.78 is 5.96. The van der Waals surface area contributed by atoms with Crippen LogP contribution in [0.25, 0.3) is 0 Å². The molecule has 0 aliphatic carbocycles. The van der Waals surface area contributed by atoms with Crippen molar-refractivity contribution < 1.29 is 9.53 Å². The van der Waals surface area contributed by atoms with Crippen molar-refractivity contribution >= 4 is 5.91 Å². The van der Waals surface area contributed by atoms with E-state index in [-0.39, 0.29) is 18.1 Å². The highest BCUT2D eigenvalue weighted by Crippen LogP contribution is 2.27. The maximum Gasteiger partial charge on any atom is 0.223 e. The van der Waals surface area contributed by atoms with E-state index >= 15 is 0 Å². The van der Waals surface area contributed by atoms with Gasteiger partial charge in [-0.2, -0.15) is 0 Å². The molecule has 2 rings (SSSR count). The molecule has 0 radical (unpaired) electrons. The van der Waals surface area contributed by atoms with Gasteiger partial charge in [0.25, 0.3) is 0 Å².